The first-order valence-corrected chi connectivity index (χ1v) is 7.71. The van der Waals surface area contributed by atoms with Crippen molar-refractivity contribution >= 4 is 11.9 Å². The summed E-state index contributed by atoms with van der Waals surface area (Å²) in [6.45, 7) is 0. The number of aryl methyl sites for hydroxylation is 1. The molecule has 2 fully saturated rings. The number of rotatable bonds is 3. The first-order valence-electron chi connectivity index (χ1n) is 7.71. The van der Waals surface area contributed by atoms with Crippen LogP contribution in [0.4, 0.5) is 0 Å². The molecule has 0 aliphatic heterocycles. The second-order valence-corrected chi connectivity index (χ2v) is 6.80. The number of benzene rings is 1. The third-order valence-corrected chi connectivity index (χ3v) is 5.54. The molecule has 0 heterocycles. The molecule has 110 valence electrons. The average Bonchev–Trinajstić information content (AvgIpc) is 3.36. The predicted octanol–water partition coefficient (Wildman–Crippen LogP) is 2.01. The van der Waals surface area contributed by atoms with Crippen LogP contribution in [-0.2, 0) is 21.4 Å². The van der Waals surface area contributed by atoms with E-state index in [4.69, 9.17) is 0 Å². The summed E-state index contributed by atoms with van der Waals surface area (Å²) in [6.07, 6.45) is 5.23. The SMILES string of the molecule is O=C(NC1(C(=O)O)CC1)C1CC12CCCc1ccccc12. The summed E-state index contributed by atoms with van der Waals surface area (Å²) in [7, 11) is 0. The number of hydrogen-bond acceptors (Lipinski definition) is 2. The fourth-order valence-electron chi connectivity index (χ4n) is 4.02. The normalized spacial score (nSPS) is 31.3. The van der Waals surface area contributed by atoms with Gasteiger partial charge in [-0.3, -0.25) is 4.79 Å². The summed E-state index contributed by atoms with van der Waals surface area (Å²) in [5.74, 6) is -1.00. The third-order valence-electron chi connectivity index (χ3n) is 5.54. The molecule has 21 heavy (non-hydrogen) atoms. The Kier molecular flexibility index (Phi) is 2.51. The van der Waals surface area contributed by atoms with Gasteiger partial charge in [-0.25, -0.2) is 4.79 Å². The van der Waals surface area contributed by atoms with Crippen LogP contribution in [0.15, 0.2) is 24.3 Å². The number of carbonyl (C=O) groups excluding carboxylic acids is 1. The monoisotopic (exact) mass is 285 g/mol. The fraction of sp³-hybridized carbons (Fsp3) is 0.529. The Labute approximate surface area is 123 Å². The van der Waals surface area contributed by atoms with Crippen molar-refractivity contribution in [3.8, 4) is 0 Å². The molecule has 1 aromatic carbocycles. The molecule has 2 atom stereocenters. The number of amides is 1. The van der Waals surface area contributed by atoms with Gasteiger partial charge in [0.25, 0.3) is 0 Å². The zero-order valence-corrected chi connectivity index (χ0v) is 11.9. The van der Waals surface area contributed by atoms with E-state index in [0.29, 0.717) is 12.8 Å². The van der Waals surface area contributed by atoms with Crippen molar-refractivity contribution in [1.82, 2.24) is 5.32 Å². The minimum absolute atomic E-state index is 0.0203. The average molecular weight is 285 g/mol. The highest BCUT2D eigenvalue weighted by Gasteiger charge is 2.62. The zero-order chi connectivity index (χ0) is 14.7. The van der Waals surface area contributed by atoms with Crippen LogP contribution in [0.5, 0.6) is 0 Å². The lowest BCUT2D eigenvalue weighted by Crippen LogP contribution is -2.44. The Morgan fingerprint density at radius 2 is 1.95 bits per heavy atom. The fourth-order valence-corrected chi connectivity index (χ4v) is 4.02. The van der Waals surface area contributed by atoms with Gasteiger partial charge >= 0.3 is 5.97 Å². The van der Waals surface area contributed by atoms with Crippen LogP contribution in [0.1, 0.15) is 43.2 Å². The van der Waals surface area contributed by atoms with Gasteiger partial charge in [0.1, 0.15) is 5.54 Å². The van der Waals surface area contributed by atoms with E-state index in [0.717, 1.165) is 25.7 Å². The van der Waals surface area contributed by atoms with Gasteiger partial charge < -0.3 is 10.4 Å². The Balaban J connectivity index is 1.56. The van der Waals surface area contributed by atoms with Crippen molar-refractivity contribution in [1.29, 1.82) is 0 Å². The summed E-state index contributed by atoms with van der Waals surface area (Å²) in [4.78, 5) is 23.7. The molecule has 4 heteroatoms. The lowest BCUT2D eigenvalue weighted by molar-refractivity contribution is -0.143. The van der Waals surface area contributed by atoms with E-state index in [9.17, 15) is 14.7 Å². The van der Waals surface area contributed by atoms with Crippen LogP contribution in [0.3, 0.4) is 0 Å². The van der Waals surface area contributed by atoms with Gasteiger partial charge in [-0.05, 0) is 49.7 Å². The first kappa shape index (κ1) is 12.9. The van der Waals surface area contributed by atoms with E-state index in [1.54, 1.807) is 0 Å². The summed E-state index contributed by atoms with van der Waals surface area (Å²) >= 11 is 0. The molecule has 0 aromatic heterocycles. The molecule has 0 bridgehead atoms. The number of fused-ring (bicyclic) bond motifs is 2. The molecule has 4 nitrogen and oxygen atoms in total. The Bertz CT molecular complexity index is 635. The number of hydrogen-bond donors (Lipinski definition) is 2. The summed E-state index contributed by atoms with van der Waals surface area (Å²) in [6, 6.07) is 8.40. The van der Waals surface area contributed by atoms with Crippen molar-refractivity contribution < 1.29 is 14.7 Å². The maximum atomic E-state index is 12.5. The van der Waals surface area contributed by atoms with Crippen molar-refractivity contribution in [3.05, 3.63) is 35.4 Å². The number of aliphatic carboxylic acids is 1. The molecule has 3 aliphatic rings. The minimum Gasteiger partial charge on any atom is -0.480 e. The van der Waals surface area contributed by atoms with E-state index in [1.165, 1.54) is 11.1 Å². The maximum absolute atomic E-state index is 12.5. The molecule has 1 aromatic rings. The highest BCUT2D eigenvalue weighted by Crippen LogP contribution is 2.60. The van der Waals surface area contributed by atoms with Gasteiger partial charge in [-0.15, -0.1) is 0 Å². The number of nitrogens with one attached hydrogen (secondary N) is 1. The Morgan fingerprint density at radius 1 is 1.19 bits per heavy atom. The molecule has 3 aliphatic carbocycles. The van der Waals surface area contributed by atoms with Gasteiger partial charge in [-0.2, -0.15) is 0 Å². The molecular weight excluding hydrogens is 266 g/mol. The minimum atomic E-state index is -0.963. The zero-order valence-electron chi connectivity index (χ0n) is 11.9. The van der Waals surface area contributed by atoms with Crippen molar-refractivity contribution in [3.63, 3.8) is 0 Å². The second-order valence-electron chi connectivity index (χ2n) is 6.80. The van der Waals surface area contributed by atoms with Crippen molar-refractivity contribution in [2.75, 3.05) is 0 Å². The highest BCUT2D eigenvalue weighted by atomic mass is 16.4. The summed E-state index contributed by atoms with van der Waals surface area (Å²) in [5.41, 5.74) is 1.69. The number of carbonyl (C=O) groups is 2. The van der Waals surface area contributed by atoms with E-state index < -0.39 is 11.5 Å². The van der Waals surface area contributed by atoms with Crippen LogP contribution in [0.25, 0.3) is 0 Å². The molecule has 1 spiro atoms. The molecular formula is C17H19NO3. The molecule has 2 unspecified atom stereocenters. The van der Waals surface area contributed by atoms with Crippen LogP contribution in [-0.4, -0.2) is 22.5 Å². The van der Waals surface area contributed by atoms with Gasteiger partial charge in [0, 0.05) is 11.3 Å². The van der Waals surface area contributed by atoms with E-state index in [1.807, 2.05) is 6.07 Å². The maximum Gasteiger partial charge on any atom is 0.329 e. The summed E-state index contributed by atoms with van der Waals surface area (Å²) < 4.78 is 0. The van der Waals surface area contributed by atoms with Crippen LogP contribution < -0.4 is 5.32 Å². The lowest BCUT2D eigenvalue weighted by Gasteiger charge is -2.26. The first-order chi connectivity index (χ1) is 10.1. The molecule has 2 saturated carbocycles. The Hall–Kier alpha value is -1.84. The van der Waals surface area contributed by atoms with Crippen LogP contribution in [0, 0.1) is 5.92 Å². The predicted molar refractivity (Wildman–Crippen MR) is 76.9 cm³/mol. The van der Waals surface area contributed by atoms with Crippen LogP contribution in [0.2, 0.25) is 0 Å². The topological polar surface area (TPSA) is 66.4 Å². The van der Waals surface area contributed by atoms with E-state index >= 15 is 0 Å². The van der Waals surface area contributed by atoms with Gasteiger partial charge in [0.2, 0.25) is 5.91 Å². The Morgan fingerprint density at radius 3 is 2.67 bits per heavy atom. The lowest BCUT2D eigenvalue weighted by atomic mass is 9.78. The number of carboxylic acid groups (broad SMARTS) is 1. The van der Waals surface area contributed by atoms with E-state index in [2.05, 4.69) is 23.5 Å². The standard InChI is InChI=1S/C17H19NO3/c19-14(18-17(8-9-17)15(20)21)13-10-16(13)7-3-5-11-4-1-2-6-12(11)16/h1-2,4,6,13H,3,5,7-10H2,(H,18,19)(H,20,21). The highest BCUT2D eigenvalue weighted by molar-refractivity contribution is 5.92. The van der Waals surface area contributed by atoms with Crippen LogP contribution >= 0.6 is 0 Å². The molecule has 2 N–H and O–H groups in total. The van der Waals surface area contributed by atoms with E-state index in [-0.39, 0.29) is 17.2 Å². The molecule has 0 radical (unpaired) electrons. The number of carboxylic acids is 1. The largest absolute Gasteiger partial charge is 0.480 e. The second kappa shape index (κ2) is 4.09. The van der Waals surface area contributed by atoms with Gasteiger partial charge in [0.05, 0.1) is 0 Å². The summed E-state index contributed by atoms with van der Waals surface area (Å²) in [5, 5.41) is 12.0. The molecule has 0 saturated heterocycles. The van der Waals surface area contributed by atoms with Gasteiger partial charge in [0.15, 0.2) is 0 Å². The third kappa shape index (κ3) is 1.81. The smallest absolute Gasteiger partial charge is 0.329 e. The van der Waals surface area contributed by atoms with Crippen molar-refractivity contribution in [2.45, 2.75) is 49.5 Å². The quantitative estimate of drug-likeness (QED) is 0.893. The van der Waals surface area contributed by atoms with Gasteiger partial charge in [-0.1, -0.05) is 24.3 Å². The molecule has 1 amide bonds. The van der Waals surface area contributed by atoms with Crippen molar-refractivity contribution in [2.24, 2.45) is 5.92 Å². The molecule has 4 rings (SSSR count).